The number of nitrogens with zero attached hydrogens (tertiary/aromatic N) is 2. The number of aromatic nitrogens is 2. The highest BCUT2D eigenvalue weighted by molar-refractivity contribution is 9.10. The fourth-order valence-electron chi connectivity index (χ4n) is 1.46. The summed E-state index contributed by atoms with van der Waals surface area (Å²) in [6.45, 7) is 3.79. The van der Waals surface area contributed by atoms with Crippen molar-refractivity contribution < 1.29 is 0 Å². The number of rotatable bonds is 1. The zero-order valence-corrected chi connectivity index (χ0v) is 12.4. The average molecular weight is 332 g/mol. The maximum atomic E-state index is 6.01. The zero-order valence-electron chi connectivity index (χ0n) is 9.26. The number of hydrogen-bond acceptors (Lipinski definition) is 2. The van der Waals surface area contributed by atoms with Crippen LogP contribution in [0.1, 0.15) is 11.1 Å². The van der Waals surface area contributed by atoms with Crippen LogP contribution in [0.15, 0.2) is 22.7 Å². The van der Waals surface area contributed by atoms with Gasteiger partial charge >= 0.3 is 0 Å². The zero-order chi connectivity index (χ0) is 12.6. The van der Waals surface area contributed by atoms with Gasteiger partial charge in [-0.05, 0) is 37.6 Å². The van der Waals surface area contributed by atoms with Crippen LogP contribution in [-0.2, 0) is 0 Å². The summed E-state index contributed by atoms with van der Waals surface area (Å²) in [6, 6.07) is 5.88. The minimum Gasteiger partial charge on any atom is -0.216 e. The molecule has 2 aromatic rings. The normalized spacial score (nSPS) is 10.6. The van der Waals surface area contributed by atoms with Crippen molar-refractivity contribution in [2.75, 3.05) is 0 Å². The van der Waals surface area contributed by atoms with E-state index in [1.807, 2.05) is 25.1 Å². The Balaban J connectivity index is 2.61. The Morgan fingerprint density at radius 3 is 2.18 bits per heavy atom. The first kappa shape index (κ1) is 12.8. The van der Waals surface area contributed by atoms with E-state index in [0.29, 0.717) is 21.7 Å². The summed E-state index contributed by atoms with van der Waals surface area (Å²) in [5, 5.41) is 0.782. The van der Waals surface area contributed by atoms with Crippen LogP contribution in [-0.4, -0.2) is 9.97 Å². The summed E-state index contributed by atoms with van der Waals surface area (Å²) in [5.74, 6) is 0.551. The molecule has 1 aromatic carbocycles. The monoisotopic (exact) mass is 330 g/mol. The third-order valence-corrected chi connectivity index (χ3v) is 3.69. The lowest BCUT2D eigenvalue weighted by Crippen LogP contribution is -1.95. The molecular formula is C12H9BrCl2N2. The minimum atomic E-state index is 0.391. The molecular weight excluding hydrogens is 323 g/mol. The van der Waals surface area contributed by atoms with E-state index >= 15 is 0 Å². The van der Waals surface area contributed by atoms with Crippen LogP contribution < -0.4 is 0 Å². The van der Waals surface area contributed by atoms with Gasteiger partial charge in [0.25, 0.3) is 0 Å². The summed E-state index contributed by atoms with van der Waals surface area (Å²) >= 11 is 15.4. The van der Waals surface area contributed by atoms with Gasteiger partial charge in [-0.3, -0.25) is 0 Å². The van der Waals surface area contributed by atoms with Gasteiger partial charge in [0.1, 0.15) is 10.3 Å². The van der Waals surface area contributed by atoms with Crippen molar-refractivity contribution >= 4 is 39.1 Å². The largest absolute Gasteiger partial charge is 0.216 e. The molecule has 0 amide bonds. The van der Waals surface area contributed by atoms with Crippen molar-refractivity contribution in [1.82, 2.24) is 9.97 Å². The topological polar surface area (TPSA) is 25.8 Å². The van der Waals surface area contributed by atoms with Crippen LogP contribution in [0, 0.1) is 13.8 Å². The van der Waals surface area contributed by atoms with Crippen LogP contribution in [0.2, 0.25) is 10.3 Å². The van der Waals surface area contributed by atoms with E-state index in [1.165, 1.54) is 0 Å². The third-order valence-electron chi connectivity index (χ3n) is 2.46. The van der Waals surface area contributed by atoms with Crippen LogP contribution in [0.5, 0.6) is 0 Å². The van der Waals surface area contributed by atoms with Crippen molar-refractivity contribution in [3.05, 3.63) is 44.1 Å². The molecule has 0 atom stereocenters. The summed E-state index contributed by atoms with van der Waals surface area (Å²) in [6.07, 6.45) is 0. The average Bonchev–Trinajstić information content (AvgIpc) is 2.25. The Kier molecular flexibility index (Phi) is 3.71. The van der Waals surface area contributed by atoms with Crippen molar-refractivity contribution in [2.24, 2.45) is 0 Å². The molecule has 0 bridgehead atoms. The molecule has 1 aromatic heterocycles. The highest BCUT2D eigenvalue weighted by Crippen LogP contribution is 2.28. The molecule has 0 spiro atoms. The molecule has 0 saturated carbocycles. The summed E-state index contributed by atoms with van der Waals surface area (Å²) in [7, 11) is 0. The SMILES string of the molecule is Cc1cc(Br)ccc1-c1nc(Cl)c(C)c(Cl)n1. The van der Waals surface area contributed by atoms with Crippen LogP contribution >= 0.6 is 39.1 Å². The quantitative estimate of drug-likeness (QED) is 0.699. The summed E-state index contributed by atoms with van der Waals surface area (Å²) in [4.78, 5) is 8.50. The van der Waals surface area contributed by atoms with Gasteiger partial charge in [0.05, 0.1) is 0 Å². The molecule has 0 N–H and O–H groups in total. The molecule has 5 heteroatoms. The standard InChI is InChI=1S/C12H9BrCl2N2/c1-6-5-8(13)3-4-9(6)12-16-10(14)7(2)11(15)17-12/h3-5H,1-2H3. The lowest BCUT2D eigenvalue weighted by Gasteiger charge is -2.07. The van der Waals surface area contributed by atoms with Crippen molar-refractivity contribution in [1.29, 1.82) is 0 Å². The first-order chi connectivity index (χ1) is 7.99. The van der Waals surface area contributed by atoms with Gasteiger partial charge in [-0.25, -0.2) is 9.97 Å². The van der Waals surface area contributed by atoms with Crippen molar-refractivity contribution in [3.8, 4) is 11.4 Å². The highest BCUT2D eigenvalue weighted by atomic mass is 79.9. The maximum absolute atomic E-state index is 6.01. The lowest BCUT2D eigenvalue weighted by molar-refractivity contribution is 1.13. The third kappa shape index (κ3) is 2.62. The minimum absolute atomic E-state index is 0.391. The Bertz CT molecular complexity index is 562. The summed E-state index contributed by atoms with van der Waals surface area (Å²) < 4.78 is 1.02. The number of halogens is 3. The van der Waals surface area contributed by atoms with Crippen molar-refractivity contribution in [2.45, 2.75) is 13.8 Å². The first-order valence-corrected chi connectivity index (χ1v) is 6.50. The maximum Gasteiger partial charge on any atom is 0.162 e. The second-order valence-corrected chi connectivity index (χ2v) is 5.34. The fraction of sp³-hybridized carbons (Fsp3) is 0.167. The Hall–Kier alpha value is -0.640. The number of hydrogen-bond donors (Lipinski definition) is 0. The van der Waals surface area contributed by atoms with Crippen LogP contribution in [0.3, 0.4) is 0 Å². The first-order valence-electron chi connectivity index (χ1n) is 4.95. The Labute approximate surface area is 118 Å². The van der Waals surface area contributed by atoms with Gasteiger partial charge in [-0.1, -0.05) is 39.1 Å². The molecule has 0 aliphatic heterocycles. The molecule has 0 aliphatic carbocycles. The van der Waals surface area contributed by atoms with Crippen molar-refractivity contribution in [3.63, 3.8) is 0 Å². The smallest absolute Gasteiger partial charge is 0.162 e. The molecule has 0 aliphatic rings. The van der Waals surface area contributed by atoms with Gasteiger partial charge < -0.3 is 0 Å². The molecule has 0 saturated heterocycles. The Morgan fingerprint density at radius 2 is 1.65 bits per heavy atom. The second kappa shape index (κ2) is 4.92. The van der Waals surface area contributed by atoms with Gasteiger partial charge in [0, 0.05) is 15.6 Å². The van der Waals surface area contributed by atoms with E-state index in [2.05, 4.69) is 25.9 Å². The van der Waals surface area contributed by atoms with Gasteiger partial charge in [-0.15, -0.1) is 0 Å². The fourth-order valence-corrected chi connectivity index (χ4v) is 2.33. The lowest BCUT2D eigenvalue weighted by atomic mass is 10.1. The molecule has 2 nitrogen and oxygen atoms in total. The molecule has 1 heterocycles. The van der Waals surface area contributed by atoms with E-state index in [4.69, 9.17) is 23.2 Å². The highest BCUT2D eigenvalue weighted by Gasteiger charge is 2.11. The van der Waals surface area contributed by atoms with Crippen LogP contribution in [0.25, 0.3) is 11.4 Å². The van der Waals surface area contributed by atoms with E-state index in [-0.39, 0.29) is 0 Å². The molecule has 0 radical (unpaired) electrons. The van der Waals surface area contributed by atoms with Gasteiger partial charge in [0.2, 0.25) is 0 Å². The van der Waals surface area contributed by atoms with Gasteiger partial charge in [0.15, 0.2) is 5.82 Å². The molecule has 88 valence electrons. The van der Waals surface area contributed by atoms with Gasteiger partial charge in [-0.2, -0.15) is 0 Å². The number of benzene rings is 1. The van der Waals surface area contributed by atoms with E-state index in [1.54, 1.807) is 6.92 Å². The van der Waals surface area contributed by atoms with E-state index in [0.717, 1.165) is 15.6 Å². The molecule has 0 unspecified atom stereocenters. The van der Waals surface area contributed by atoms with E-state index in [9.17, 15) is 0 Å². The second-order valence-electron chi connectivity index (χ2n) is 3.71. The van der Waals surface area contributed by atoms with Crippen LogP contribution in [0.4, 0.5) is 0 Å². The molecule has 2 rings (SSSR count). The predicted molar refractivity (Wildman–Crippen MR) is 74.7 cm³/mol. The number of aryl methyl sites for hydroxylation is 1. The molecule has 17 heavy (non-hydrogen) atoms. The predicted octanol–water partition coefficient (Wildman–Crippen LogP) is 4.83. The summed E-state index contributed by atoms with van der Waals surface area (Å²) in [5.41, 5.74) is 2.69. The Morgan fingerprint density at radius 1 is 1.06 bits per heavy atom. The molecule has 0 fully saturated rings. The van der Waals surface area contributed by atoms with E-state index < -0.39 is 0 Å².